The molecule has 1 rings (SSSR count). The fraction of sp³-hybridized carbons (Fsp3) is 0.286. The van der Waals surface area contributed by atoms with Crippen LogP contribution < -0.4 is 5.32 Å². The number of carbonyl (C=O) groups is 2. The number of nitrogens with one attached hydrogen (secondary N) is 2. The normalized spacial score (nSPS) is 12.1. The summed E-state index contributed by atoms with van der Waals surface area (Å²) in [4.78, 5) is 27.5. The molecule has 0 saturated heterocycles. The summed E-state index contributed by atoms with van der Waals surface area (Å²) >= 11 is 0. The zero-order valence-corrected chi connectivity index (χ0v) is 6.94. The molecule has 0 aliphatic rings. The average Bonchev–Trinajstić information content (AvgIpc) is 2.55. The molecular weight excluding hydrogens is 174 g/mol. The highest BCUT2D eigenvalue weighted by Gasteiger charge is 2.16. The minimum Gasteiger partial charge on any atom is -0.474 e. The van der Waals surface area contributed by atoms with Crippen LogP contribution in [0.1, 0.15) is 18.8 Å². The fourth-order valence-corrected chi connectivity index (χ4v) is 0.841. The molecule has 6 nitrogen and oxygen atoms in total. The highest BCUT2D eigenvalue weighted by molar-refractivity contribution is 6.31. The van der Waals surface area contributed by atoms with Gasteiger partial charge in [0, 0.05) is 12.4 Å². The van der Waals surface area contributed by atoms with E-state index in [-0.39, 0.29) is 0 Å². The van der Waals surface area contributed by atoms with Crippen LogP contribution in [-0.2, 0) is 9.59 Å². The molecule has 1 heterocycles. The third-order valence-electron chi connectivity index (χ3n) is 1.47. The van der Waals surface area contributed by atoms with E-state index in [0.717, 1.165) is 0 Å². The molecule has 1 aromatic rings. The maximum Gasteiger partial charge on any atom is 0.394 e. The SMILES string of the molecule is CC(NC(=O)C(=O)O)c1ncc[nH]1. The van der Waals surface area contributed by atoms with Gasteiger partial charge in [0.15, 0.2) is 0 Å². The summed E-state index contributed by atoms with van der Waals surface area (Å²) in [6, 6.07) is -0.432. The Kier molecular flexibility index (Phi) is 2.63. The number of carbonyl (C=O) groups excluding carboxylic acids is 1. The highest BCUT2D eigenvalue weighted by atomic mass is 16.4. The zero-order valence-electron chi connectivity index (χ0n) is 6.94. The second-order valence-electron chi connectivity index (χ2n) is 2.47. The second-order valence-corrected chi connectivity index (χ2v) is 2.47. The van der Waals surface area contributed by atoms with E-state index in [1.807, 2.05) is 0 Å². The van der Waals surface area contributed by atoms with Crippen molar-refractivity contribution in [3.05, 3.63) is 18.2 Å². The zero-order chi connectivity index (χ0) is 9.84. The molecule has 0 aliphatic heterocycles. The Morgan fingerprint density at radius 3 is 2.85 bits per heavy atom. The molecule has 3 N–H and O–H groups in total. The van der Waals surface area contributed by atoms with Gasteiger partial charge >= 0.3 is 11.9 Å². The van der Waals surface area contributed by atoms with Gasteiger partial charge in [-0.05, 0) is 6.92 Å². The maximum absolute atomic E-state index is 10.7. The van der Waals surface area contributed by atoms with Crippen LogP contribution in [0.4, 0.5) is 0 Å². The van der Waals surface area contributed by atoms with E-state index in [1.165, 1.54) is 6.20 Å². The number of aromatic nitrogens is 2. The molecule has 0 radical (unpaired) electrons. The average molecular weight is 183 g/mol. The van der Waals surface area contributed by atoms with Crippen molar-refractivity contribution in [3.8, 4) is 0 Å². The molecule has 0 aliphatic carbocycles. The van der Waals surface area contributed by atoms with Crippen molar-refractivity contribution in [2.24, 2.45) is 0 Å². The molecule has 1 atom stereocenters. The first-order valence-electron chi connectivity index (χ1n) is 3.64. The van der Waals surface area contributed by atoms with E-state index in [2.05, 4.69) is 15.3 Å². The molecule has 0 saturated carbocycles. The topological polar surface area (TPSA) is 95.1 Å². The van der Waals surface area contributed by atoms with E-state index in [1.54, 1.807) is 13.1 Å². The van der Waals surface area contributed by atoms with Gasteiger partial charge in [-0.25, -0.2) is 9.78 Å². The van der Waals surface area contributed by atoms with E-state index in [4.69, 9.17) is 5.11 Å². The lowest BCUT2D eigenvalue weighted by Gasteiger charge is -2.08. The van der Waals surface area contributed by atoms with E-state index < -0.39 is 17.9 Å². The third-order valence-corrected chi connectivity index (χ3v) is 1.47. The van der Waals surface area contributed by atoms with E-state index in [9.17, 15) is 9.59 Å². The molecule has 6 heteroatoms. The molecule has 1 unspecified atom stereocenters. The van der Waals surface area contributed by atoms with Crippen LogP contribution in [0, 0.1) is 0 Å². The van der Waals surface area contributed by atoms with Crippen LogP contribution in [0.25, 0.3) is 0 Å². The van der Waals surface area contributed by atoms with Crippen molar-refractivity contribution in [2.75, 3.05) is 0 Å². The van der Waals surface area contributed by atoms with Crippen LogP contribution in [0.5, 0.6) is 0 Å². The van der Waals surface area contributed by atoms with Gasteiger partial charge in [-0.2, -0.15) is 0 Å². The third kappa shape index (κ3) is 2.29. The smallest absolute Gasteiger partial charge is 0.394 e. The van der Waals surface area contributed by atoms with Crippen LogP contribution in [0.15, 0.2) is 12.4 Å². The molecular formula is C7H9N3O3. The van der Waals surface area contributed by atoms with Gasteiger partial charge in [0.05, 0.1) is 6.04 Å². The summed E-state index contributed by atoms with van der Waals surface area (Å²) in [7, 11) is 0. The lowest BCUT2D eigenvalue weighted by molar-refractivity contribution is -0.150. The number of imidazole rings is 1. The molecule has 0 spiro atoms. The van der Waals surface area contributed by atoms with Crippen molar-refractivity contribution in [2.45, 2.75) is 13.0 Å². The molecule has 13 heavy (non-hydrogen) atoms. The van der Waals surface area contributed by atoms with Gasteiger partial charge in [-0.3, -0.25) is 4.79 Å². The van der Waals surface area contributed by atoms with Crippen LogP contribution >= 0.6 is 0 Å². The first-order valence-corrected chi connectivity index (χ1v) is 3.64. The van der Waals surface area contributed by atoms with Crippen LogP contribution in [0.3, 0.4) is 0 Å². The predicted octanol–water partition coefficient (Wildman–Crippen LogP) is -0.329. The van der Waals surface area contributed by atoms with Crippen molar-refractivity contribution >= 4 is 11.9 Å². The number of aliphatic carboxylic acids is 1. The monoisotopic (exact) mass is 183 g/mol. The highest BCUT2D eigenvalue weighted by Crippen LogP contribution is 2.04. The van der Waals surface area contributed by atoms with Gasteiger partial charge < -0.3 is 15.4 Å². The van der Waals surface area contributed by atoms with E-state index in [0.29, 0.717) is 5.82 Å². The molecule has 0 bridgehead atoms. The first-order chi connectivity index (χ1) is 6.11. The molecule has 1 amide bonds. The Morgan fingerprint density at radius 1 is 1.69 bits per heavy atom. The number of H-pyrrole nitrogens is 1. The maximum atomic E-state index is 10.7. The lowest BCUT2D eigenvalue weighted by atomic mass is 10.3. The number of rotatable bonds is 2. The van der Waals surface area contributed by atoms with Crippen LogP contribution in [0.2, 0.25) is 0 Å². The summed E-state index contributed by atoms with van der Waals surface area (Å²) in [6.07, 6.45) is 3.12. The Hall–Kier alpha value is -1.85. The Bertz CT molecular complexity index is 307. The Labute approximate surface area is 74.0 Å². The molecule has 70 valence electrons. The number of aromatic amines is 1. The van der Waals surface area contributed by atoms with Gasteiger partial charge in [0.1, 0.15) is 5.82 Å². The number of carboxylic acid groups (broad SMARTS) is 1. The minimum absolute atomic E-state index is 0.432. The largest absolute Gasteiger partial charge is 0.474 e. The van der Waals surface area contributed by atoms with Crippen LogP contribution in [-0.4, -0.2) is 27.0 Å². The Balaban J connectivity index is 2.56. The number of carboxylic acids is 1. The molecule has 0 fully saturated rings. The summed E-state index contributed by atoms with van der Waals surface area (Å²) in [5.74, 6) is -2.02. The minimum atomic E-state index is -1.50. The molecule has 0 aromatic carbocycles. The summed E-state index contributed by atoms with van der Waals surface area (Å²) in [5.41, 5.74) is 0. The predicted molar refractivity (Wildman–Crippen MR) is 42.8 cm³/mol. The Morgan fingerprint density at radius 2 is 2.38 bits per heavy atom. The van der Waals surface area contributed by atoms with Crippen molar-refractivity contribution in [3.63, 3.8) is 0 Å². The standard InChI is InChI=1S/C7H9N3O3/c1-4(5-8-2-3-9-5)10-6(11)7(12)13/h2-4H,1H3,(H,8,9)(H,10,11)(H,12,13). The summed E-state index contributed by atoms with van der Waals surface area (Å²) < 4.78 is 0. The fourth-order valence-electron chi connectivity index (χ4n) is 0.841. The van der Waals surface area contributed by atoms with E-state index >= 15 is 0 Å². The number of hydrogen-bond donors (Lipinski definition) is 3. The number of amides is 1. The number of hydrogen-bond acceptors (Lipinski definition) is 3. The van der Waals surface area contributed by atoms with Gasteiger partial charge in [-0.1, -0.05) is 0 Å². The number of nitrogens with zero attached hydrogens (tertiary/aromatic N) is 1. The molecule has 1 aromatic heterocycles. The summed E-state index contributed by atoms with van der Waals surface area (Å²) in [6.45, 7) is 1.64. The van der Waals surface area contributed by atoms with Crippen molar-refractivity contribution < 1.29 is 14.7 Å². The second kappa shape index (κ2) is 3.70. The van der Waals surface area contributed by atoms with Crippen molar-refractivity contribution in [1.82, 2.24) is 15.3 Å². The lowest BCUT2D eigenvalue weighted by Crippen LogP contribution is -2.33. The van der Waals surface area contributed by atoms with Crippen molar-refractivity contribution in [1.29, 1.82) is 0 Å². The summed E-state index contributed by atoms with van der Waals surface area (Å²) in [5, 5.41) is 10.5. The first kappa shape index (κ1) is 9.24. The van der Waals surface area contributed by atoms with Gasteiger partial charge in [-0.15, -0.1) is 0 Å². The quantitative estimate of drug-likeness (QED) is 0.547. The van der Waals surface area contributed by atoms with Gasteiger partial charge in [0.2, 0.25) is 0 Å². The van der Waals surface area contributed by atoms with Gasteiger partial charge in [0.25, 0.3) is 0 Å².